The number of halogens is 4. The Labute approximate surface area is 69.3 Å². The molecule has 0 nitrogen and oxygen atoms in total. The molecule has 0 aromatic carbocycles. The molecule has 0 aliphatic rings. The first-order valence-corrected chi connectivity index (χ1v) is 0.873. The minimum atomic E-state index is -6.00. The molecule has 0 amide bonds. The Morgan fingerprint density at radius 1 is 0.833 bits per heavy atom. The number of hydrogen-bond donors (Lipinski definition) is 0. The van der Waals surface area contributed by atoms with Gasteiger partial charge in [0.15, 0.2) is 0 Å². The van der Waals surface area contributed by atoms with E-state index in [1.165, 1.54) is 0 Å². The van der Waals surface area contributed by atoms with Gasteiger partial charge in [-0.05, 0) is 0 Å². The van der Waals surface area contributed by atoms with Crippen molar-refractivity contribution in [3.63, 3.8) is 0 Å². The van der Waals surface area contributed by atoms with Crippen molar-refractivity contribution in [1.82, 2.24) is 0 Å². The summed E-state index contributed by atoms with van der Waals surface area (Å²) < 4.78 is 39.0. The van der Waals surface area contributed by atoms with Crippen LogP contribution in [-0.2, 0) is 0 Å². The standard InChI is InChI=1S/BF4.Sr.2H/c2-1(3,4)5;;;/q-1;;;. The van der Waals surface area contributed by atoms with Crippen molar-refractivity contribution in [1.29, 1.82) is 0 Å². The van der Waals surface area contributed by atoms with E-state index < -0.39 is 7.25 Å². The molecule has 0 bridgehead atoms. The molecule has 0 aromatic rings. The monoisotopic (exact) mass is 177 g/mol. The van der Waals surface area contributed by atoms with Crippen LogP contribution in [0.25, 0.3) is 0 Å². The normalized spacial score (nSPS) is 10.0. The van der Waals surface area contributed by atoms with Crippen LogP contribution in [-0.4, -0.2) is 52.7 Å². The average molecular weight is 176 g/mol. The van der Waals surface area contributed by atoms with Crippen molar-refractivity contribution < 1.29 is 17.3 Å². The van der Waals surface area contributed by atoms with Crippen molar-refractivity contribution >= 4 is 52.7 Å². The minimum absolute atomic E-state index is 0. The molecule has 0 rings (SSSR count). The van der Waals surface area contributed by atoms with Crippen LogP contribution in [0.3, 0.4) is 0 Å². The molecule has 0 spiro atoms. The predicted molar refractivity (Wildman–Crippen MR) is 18.7 cm³/mol. The van der Waals surface area contributed by atoms with Crippen molar-refractivity contribution in [3.8, 4) is 0 Å². The quantitative estimate of drug-likeness (QED) is 0.370. The molecule has 36 valence electrons. The van der Waals surface area contributed by atoms with E-state index in [2.05, 4.69) is 0 Å². The van der Waals surface area contributed by atoms with Gasteiger partial charge in [0.1, 0.15) is 0 Å². The molecule has 6 heteroatoms. The molecule has 0 saturated carbocycles. The zero-order valence-corrected chi connectivity index (χ0v) is 2.09. The Kier molecular flexibility index (Phi) is 5.64. The van der Waals surface area contributed by atoms with Crippen molar-refractivity contribution in [2.45, 2.75) is 0 Å². The summed E-state index contributed by atoms with van der Waals surface area (Å²) >= 11 is 0. The van der Waals surface area contributed by atoms with Crippen molar-refractivity contribution in [2.75, 3.05) is 0 Å². The van der Waals surface area contributed by atoms with Gasteiger partial charge < -0.3 is 17.3 Å². The van der Waals surface area contributed by atoms with Crippen LogP contribution in [0.1, 0.15) is 0 Å². The Morgan fingerprint density at radius 3 is 0.833 bits per heavy atom. The maximum atomic E-state index is 9.75. The number of hydrogen-bond acceptors (Lipinski definition) is 0. The topological polar surface area (TPSA) is 0 Å². The van der Waals surface area contributed by atoms with Gasteiger partial charge in [0, 0.05) is 0 Å². The fraction of sp³-hybridized carbons (Fsp3) is 0. The van der Waals surface area contributed by atoms with E-state index in [-0.39, 0.29) is 45.5 Å². The first-order chi connectivity index (χ1) is 2.00. The summed E-state index contributed by atoms with van der Waals surface area (Å²) in [6.07, 6.45) is 0. The van der Waals surface area contributed by atoms with Crippen LogP contribution in [0.5, 0.6) is 0 Å². The first kappa shape index (κ1) is 10.3. The Balaban J connectivity index is 0. The molecule has 0 aliphatic heterocycles. The van der Waals surface area contributed by atoms with Crippen LogP contribution in [0, 0.1) is 0 Å². The Hall–Kier alpha value is 1.27. The van der Waals surface area contributed by atoms with Gasteiger partial charge in [-0.2, -0.15) is 0 Å². The van der Waals surface area contributed by atoms with Gasteiger partial charge in [0.05, 0.1) is 0 Å². The van der Waals surface area contributed by atoms with Crippen LogP contribution < -0.4 is 0 Å². The summed E-state index contributed by atoms with van der Waals surface area (Å²) in [5, 5.41) is 0. The first-order valence-electron chi connectivity index (χ1n) is 0.873. The van der Waals surface area contributed by atoms with Gasteiger partial charge in [-0.25, -0.2) is 0 Å². The van der Waals surface area contributed by atoms with E-state index in [1.54, 1.807) is 0 Å². The summed E-state index contributed by atoms with van der Waals surface area (Å²) in [5.41, 5.74) is 0. The Morgan fingerprint density at radius 2 is 0.833 bits per heavy atom. The van der Waals surface area contributed by atoms with Crippen LogP contribution >= 0.6 is 0 Å². The molecular formula is H2BF4Sr-. The zero-order valence-electron chi connectivity index (χ0n) is 2.09. The molecule has 0 radical (unpaired) electrons. The fourth-order valence-electron chi connectivity index (χ4n) is 0. The molecule has 6 heavy (non-hydrogen) atoms. The Bertz CT molecular complexity index is 23.0. The van der Waals surface area contributed by atoms with E-state index in [9.17, 15) is 17.3 Å². The average Bonchev–Trinajstić information content (AvgIpc) is 0.722. The molecular weight excluding hydrogens is 174 g/mol. The van der Waals surface area contributed by atoms with Crippen LogP contribution in [0.4, 0.5) is 17.3 Å². The van der Waals surface area contributed by atoms with E-state index in [0.717, 1.165) is 0 Å². The van der Waals surface area contributed by atoms with Gasteiger partial charge in [-0.15, -0.1) is 0 Å². The summed E-state index contributed by atoms with van der Waals surface area (Å²) in [6.45, 7) is 0. The molecule has 0 heterocycles. The number of rotatable bonds is 0. The predicted octanol–water partition coefficient (Wildman–Crippen LogP) is 0.384. The van der Waals surface area contributed by atoms with Gasteiger partial charge in [0.2, 0.25) is 0 Å². The van der Waals surface area contributed by atoms with Crippen molar-refractivity contribution in [2.24, 2.45) is 0 Å². The van der Waals surface area contributed by atoms with Crippen LogP contribution in [0.15, 0.2) is 0 Å². The molecule has 0 N–H and O–H groups in total. The third-order valence-corrected chi connectivity index (χ3v) is 0. The third-order valence-electron chi connectivity index (χ3n) is 0. The summed E-state index contributed by atoms with van der Waals surface area (Å²) in [6, 6.07) is 0. The third kappa shape index (κ3) is 59.8. The maximum absolute atomic E-state index is 9.75. The van der Waals surface area contributed by atoms with E-state index in [1.807, 2.05) is 0 Å². The zero-order chi connectivity index (χ0) is 4.50. The summed E-state index contributed by atoms with van der Waals surface area (Å²) in [7, 11) is -6.00. The molecule has 0 aromatic heterocycles. The van der Waals surface area contributed by atoms with Gasteiger partial charge in [-0.3, -0.25) is 0 Å². The van der Waals surface area contributed by atoms with E-state index >= 15 is 0 Å². The second-order valence-electron chi connectivity index (χ2n) is 0.495. The van der Waals surface area contributed by atoms with E-state index in [0.29, 0.717) is 0 Å². The fourth-order valence-corrected chi connectivity index (χ4v) is 0. The molecule has 0 atom stereocenters. The summed E-state index contributed by atoms with van der Waals surface area (Å²) in [5.74, 6) is 0. The molecule has 0 unspecified atom stereocenters. The van der Waals surface area contributed by atoms with E-state index in [4.69, 9.17) is 0 Å². The van der Waals surface area contributed by atoms with Crippen molar-refractivity contribution in [3.05, 3.63) is 0 Å². The second-order valence-corrected chi connectivity index (χ2v) is 0.495. The van der Waals surface area contributed by atoms with Gasteiger partial charge >= 0.3 is 52.7 Å². The molecule has 0 fully saturated rings. The van der Waals surface area contributed by atoms with Crippen LogP contribution in [0.2, 0.25) is 0 Å². The molecule has 0 aliphatic carbocycles. The van der Waals surface area contributed by atoms with Gasteiger partial charge in [-0.1, -0.05) is 0 Å². The summed E-state index contributed by atoms with van der Waals surface area (Å²) in [4.78, 5) is 0. The second kappa shape index (κ2) is 3.29. The SMILES string of the molecule is F[B-](F)(F)F.[SrH2]. The van der Waals surface area contributed by atoms with Gasteiger partial charge in [0.25, 0.3) is 0 Å². The molecule has 0 saturated heterocycles.